The maximum atomic E-state index is 13.0. The molecule has 0 aliphatic rings. The second kappa shape index (κ2) is 6.96. The maximum absolute atomic E-state index is 13.0. The van der Waals surface area contributed by atoms with E-state index in [4.69, 9.17) is 9.84 Å². The summed E-state index contributed by atoms with van der Waals surface area (Å²) in [4.78, 5) is 11.0. The van der Waals surface area contributed by atoms with E-state index in [1.54, 1.807) is 13.0 Å². The van der Waals surface area contributed by atoms with Crippen LogP contribution in [0.15, 0.2) is 18.2 Å². The summed E-state index contributed by atoms with van der Waals surface area (Å²) >= 11 is 0. The monoisotopic (exact) mass is 255 g/mol. The van der Waals surface area contributed by atoms with E-state index < -0.39 is 17.8 Å². The van der Waals surface area contributed by atoms with Crippen LogP contribution in [-0.4, -0.2) is 30.3 Å². The predicted molar refractivity (Wildman–Crippen MR) is 66.3 cm³/mol. The second-order valence-electron chi connectivity index (χ2n) is 4.07. The van der Waals surface area contributed by atoms with Gasteiger partial charge < -0.3 is 15.2 Å². The molecule has 0 saturated heterocycles. The Morgan fingerprint density at radius 1 is 1.56 bits per heavy atom. The summed E-state index contributed by atoms with van der Waals surface area (Å²) in [6, 6.07) is 3.41. The van der Waals surface area contributed by atoms with Gasteiger partial charge in [0, 0.05) is 6.07 Å². The molecular weight excluding hydrogens is 237 g/mol. The van der Waals surface area contributed by atoms with Crippen LogP contribution >= 0.6 is 0 Å². The Morgan fingerprint density at radius 3 is 2.89 bits per heavy atom. The van der Waals surface area contributed by atoms with E-state index in [1.807, 2.05) is 6.92 Å². The topological polar surface area (TPSA) is 58.6 Å². The lowest BCUT2D eigenvalue weighted by molar-refractivity contribution is -0.140. The van der Waals surface area contributed by atoms with E-state index in [1.165, 1.54) is 12.1 Å². The second-order valence-corrected chi connectivity index (χ2v) is 4.07. The van der Waals surface area contributed by atoms with Crippen LogP contribution in [0.2, 0.25) is 0 Å². The van der Waals surface area contributed by atoms with Gasteiger partial charge in [0.2, 0.25) is 0 Å². The van der Waals surface area contributed by atoms with Gasteiger partial charge in [0.05, 0.1) is 0 Å². The molecule has 100 valence electrons. The van der Waals surface area contributed by atoms with Gasteiger partial charge in [-0.05, 0) is 31.5 Å². The highest BCUT2D eigenvalue weighted by Crippen LogP contribution is 2.18. The number of nitrogens with one attached hydrogen (secondary N) is 1. The highest BCUT2D eigenvalue weighted by Gasteiger charge is 2.17. The molecule has 18 heavy (non-hydrogen) atoms. The van der Waals surface area contributed by atoms with E-state index in [-0.39, 0.29) is 6.61 Å². The zero-order valence-electron chi connectivity index (χ0n) is 10.6. The van der Waals surface area contributed by atoms with Crippen molar-refractivity contribution in [2.45, 2.75) is 26.3 Å². The van der Waals surface area contributed by atoms with Crippen molar-refractivity contribution in [3.8, 4) is 5.75 Å². The lowest BCUT2D eigenvalue weighted by Crippen LogP contribution is -2.41. The van der Waals surface area contributed by atoms with Crippen LogP contribution in [0.4, 0.5) is 4.39 Å². The number of carboxylic acid groups (broad SMARTS) is 1. The Kier molecular flexibility index (Phi) is 5.58. The van der Waals surface area contributed by atoms with E-state index in [0.29, 0.717) is 12.3 Å². The number of rotatable bonds is 7. The highest BCUT2D eigenvalue weighted by molar-refractivity contribution is 5.73. The Labute approximate surface area is 106 Å². The van der Waals surface area contributed by atoms with Crippen molar-refractivity contribution >= 4 is 5.97 Å². The molecule has 1 aromatic carbocycles. The molecule has 0 radical (unpaired) electrons. The average molecular weight is 255 g/mol. The normalized spacial score (nSPS) is 12.2. The lowest BCUT2D eigenvalue weighted by Gasteiger charge is -2.16. The van der Waals surface area contributed by atoms with Crippen LogP contribution in [-0.2, 0) is 4.79 Å². The summed E-state index contributed by atoms with van der Waals surface area (Å²) in [5.41, 5.74) is 0.774. The smallest absolute Gasteiger partial charge is 0.324 e. The third-order valence-corrected chi connectivity index (χ3v) is 2.49. The third kappa shape index (κ3) is 4.33. The van der Waals surface area contributed by atoms with Gasteiger partial charge in [-0.15, -0.1) is 0 Å². The molecule has 0 aromatic heterocycles. The van der Waals surface area contributed by atoms with Gasteiger partial charge in [-0.25, -0.2) is 4.39 Å². The summed E-state index contributed by atoms with van der Waals surface area (Å²) in [5, 5.41) is 11.8. The lowest BCUT2D eigenvalue weighted by atomic mass is 10.2. The molecule has 0 bridgehead atoms. The highest BCUT2D eigenvalue weighted by atomic mass is 19.1. The number of carboxylic acids is 1. The summed E-state index contributed by atoms with van der Waals surface area (Å²) in [6.07, 6.45) is 0.836. The molecule has 0 saturated carbocycles. The average Bonchev–Trinajstić information content (AvgIpc) is 2.33. The quantitative estimate of drug-likeness (QED) is 0.782. The molecule has 1 unspecified atom stereocenters. The zero-order chi connectivity index (χ0) is 13.5. The van der Waals surface area contributed by atoms with Crippen LogP contribution in [0.3, 0.4) is 0 Å². The number of aryl methyl sites for hydroxylation is 1. The van der Waals surface area contributed by atoms with Crippen LogP contribution in [0.1, 0.15) is 18.9 Å². The van der Waals surface area contributed by atoms with E-state index in [0.717, 1.165) is 12.0 Å². The van der Waals surface area contributed by atoms with Gasteiger partial charge in [0.25, 0.3) is 0 Å². The molecule has 0 heterocycles. The number of ether oxygens (including phenoxy) is 1. The van der Waals surface area contributed by atoms with Gasteiger partial charge in [0.15, 0.2) is 0 Å². The largest absolute Gasteiger partial charge is 0.491 e. The number of hydrogen-bond acceptors (Lipinski definition) is 3. The van der Waals surface area contributed by atoms with Crippen LogP contribution < -0.4 is 10.1 Å². The first-order valence-corrected chi connectivity index (χ1v) is 5.89. The molecule has 0 aliphatic carbocycles. The standard InChI is InChI=1S/C13H18FNO3/c1-3-6-15-11(13(16)17)8-18-12-7-10(14)5-4-9(12)2/h4-5,7,11,15H,3,6,8H2,1-2H3,(H,16,17). The van der Waals surface area contributed by atoms with Crippen molar-refractivity contribution in [3.63, 3.8) is 0 Å². The molecule has 0 spiro atoms. The van der Waals surface area contributed by atoms with E-state index in [2.05, 4.69) is 5.32 Å². The first-order chi connectivity index (χ1) is 8.54. The van der Waals surface area contributed by atoms with Crippen molar-refractivity contribution in [3.05, 3.63) is 29.6 Å². The van der Waals surface area contributed by atoms with Crippen molar-refractivity contribution in [1.82, 2.24) is 5.32 Å². The Balaban J connectivity index is 2.60. The number of carbonyl (C=O) groups is 1. The van der Waals surface area contributed by atoms with Crippen LogP contribution in [0, 0.1) is 12.7 Å². The van der Waals surface area contributed by atoms with Crippen molar-refractivity contribution in [1.29, 1.82) is 0 Å². The minimum atomic E-state index is -0.975. The van der Waals surface area contributed by atoms with Crippen LogP contribution in [0.25, 0.3) is 0 Å². The first kappa shape index (κ1) is 14.4. The molecule has 2 N–H and O–H groups in total. The van der Waals surface area contributed by atoms with Crippen LogP contribution in [0.5, 0.6) is 5.75 Å². The summed E-state index contributed by atoms with van der Waals surface area (Å²) in [7, 11) is 0. The molecule has 0 amide bonds. The third-order valence-electron chi connectivity index (χ3n) is 2.49. The molecule has 4 nitrogen and oxygen atoms in total. The number of hydrogen-bond donors (Lipinski definition) is 2. The Bertz CT molecular complexity index is 409. The van der Waals surface area contributed by atoms with Crippen molar-refractivity contribution < 1.29 is 19.0 Å². The van der Waals surface area contributed by atoms with E-state index >= 15 is 0 Å². The summed E-state index contributed by atoms with van der Waals surface area (Å²) in [6.45, 7) is 4.30. The molecule has 1 rings (SSSR count). The Hall–Kier alpha value is -1.62. The number of halogens is 1. The Morgan fingerprint density at radius 2 is 2.28 bits per heavy atom. The molecule has 1 aromatic rings. The fourth-order valence-electron chi connectivity index (χ4n) is 1.44. The zero-order valence-corrected chi connectivity index (χ0v) is 10.6. The minimum absolute atomic E-state index is 0.0281. The summed E-state index contributed by atoms with van der Waals surface area (Å²) < 4.78 is 18.4. The molecular formula is C13H18FNO3. The molecule has 0 aliphatic heterocycles. The fourth-order valence-corrected chi connectivity index (χ4v) is 1.44. The van der Waals surface area contributed by atoms with Gasteiger partial charge in [-0.3, -0.25) is 4.79 Å². The minimum Gasteiger partial charge on any atom is -0.491 e. The predicted octanol–water partition coefficient (Wildman–Crippen LogP) is 1.97. The molecule has 5 heteroatoms. The van der Waals surface area contributed by atoms with Crippen molar-refractivity contribution in [2.75, 3.05) is 13.2 Å². The SMILES string of the molecule is CCCNC(COc1cc(F)ccc1C)C(=O)O. The first-order valence-electron chi connectivity index (χ1n) is 5.89. The van der Waals surface area contributed by atoms with Gasteiger partial charge in [-0.2, -0.15) is 0 Å². The van der Waals surface area contributed by atoms with Gasteiger partial charge >= 0.3 is 5.97 Å². The fraction of sp³-hybridized carbons (Fsp3) is 0.462. The number of benzene rings is 1. The number of aliphatic carboxylic acids is 1. The maximum Gasteiger partial charge on any atom is 0.324 e. The summed E-state index contributed by atoms with van der Waals surface area (Å²) in [5.74, 6) is -0.999. The van der Waals surface area contributed by atoms with E-state index in [9.17, 15) is 9.18 Å². The van der Waals surface area contributed by atoms with Gasteiger partial charge in [-0.1, -0.05) is 13.0 Å². The molecule has 1 atom stereocenters. The van der Waals surface area contributed by atoms with Gasteiger partial charge in [0.1, 0.15) is 24.2 Å². The van der Waals surface area contributed by atoms with Crippen molar-refractivity contribution in [2.24, 2.45) is 0 Å². The molecule has 0 fully saturated rings.